The molecule has 0 radical (unpaired) electrons. The third-order valence-corrected chi connectivity index (χ3v) is 5.26. The molecule has 7 nitrogen and oxygen atoms in total. The predicted molar refractivity (Wildman–Crippen MR) is 117 cm³/mol. The Kier molecular flexibility index (Phi) is 7.90. The van der Waals surface area contributed by atoms with Crippen molar-refractivity contribution in [3.63, 3.8) is 0 Å². The summed E-state index contributed by atoms with van der Waals surface area (Å²) in [5.41, 5.74) is 1.28. The Morgan fingerprint density at radius 3 is 2.53 bits per heavy atom. The lowest BCUT2D eigenvalue weighted by molar-refractivity contribution is -0.116. The van der Waals surface area contributed by atoms with E-state index >= 15 is 0 Å². The number of benzene rings is 1. The fourth-order valence-corrected chi connectivity index (χ4v) is 3.75. The average molecular weight is 414 g/mol. The first-order chi connectivity index (χ1) is 14.6. The lowest BCUT2D eigenvalue weighted by Gasteiger charge is -2.23. The maximum atomic E-state index is 12.8. The zero-order valence-corrected chi connectivity index (χ0v) is 17.9. The van der Waals surface area contributed by atoms with E-state index in [4.69, 9.17) is 9.47 Å². The molecule has 1 saturated heterocycles. The number of pyridine rings is 1. The molecule has 0 unspecified atom stereocenters. The maximum Gasteiger partial charge on any atom is 0.244 e. The topological polar surface area (TPSA) is 72.8 Å². The van der Waals surface area contributed by atoms with Crippen LogP contribution >= 0.6 is 0 Å². The monoisotopic (exact) mass is 413 g/mol. The summed E-state index contributed by atoms with van der Waals surface area (Å²) in [5, 5.41) is 2.92. The van der Waals surface area contributed by atoms with Crippen molar-refractivity contribution >= 4 is 11.6 Å². The Hall–Kier alpha value is -2.80. The summed E-state index contributed by atoms with van der Waals surface area (Å²) in [4.78, 5) is 27.5. The summed E-state index contributed by atoms with van der Waals surface area (Å²) in [6.45, 7) is 5.16. The number of hydrogen-bond acceptors (Lipinski definition) is 5. The van der Waals surface area contributed by atoms with Crippen molar-refractivity contribution in [2.75, 3.05) is 32.1 Å². The van der Waals surface area contributed by atoms with E-state index in [0.29, 0.717) is 24.6 Å². The highest BCUT2D eigenvalue weighted by Crippen LogP contribution is 2.24. The molecule has 0 saturated carbocycles. The number of likely N-dealkylation sites (tertiary alicyclic amines) is 1. The standard InChI is InChI=1S/C23H31N3O4/c1-3-30-21-11-7-6-10-19(21)24-23(28)17-26-16-22(29-2)20(27)14-18(26)15-25-12-8-4-5-9-13-25/h6-7,10-11,14,16H,3-5,8-9,12-13,15,17H2,1-2H3,(H,24,28). The van der Waals surface area contributed by atoms with E-state index in [1.165, 1.54) is 20.0 Å². The van der Waals surface area contributed by atoms with Crippen LogP contribution in [-0.2, 0) is 17.9 Å². The van der Waals surface area contributed by atoms with E-state index in [1.807, 2.05) is 35.8 Å². The smallest absolute Gasteiger partial charge is 0.244 e. The number of aromatic nitrogens is 1. The number of carbonyl (C=O) groups excluding carboxylic acids is 1. The Balaban J connectivity index is 1.79. The van der Waals surface area contributed by atoms with Crippen LogP contribution in [0.2, 0.25) is 0 Å². The number of carbonyl (C=O) groups is 1. The van der Waals surface area contributed by atoms with E-state index in [1.54, 1.807) is 12.3 Å². The minimum Gasteiger partial charge on any atom is -0.492 e. The number of amides is 1. The van der Waals surface area contributed by atoms with Gasteiger partial charge in [-0.05, 0) is 45.0 Å². The van der Waals surface area contributed by atoms with Crippen molar-refractivity contribution in [2.24, 2.45) is 0 Å². The fraction of sp³-hybridized carbons (Fsp3) is 0.478. The van der Waals surface area contributed by atoms with Crippen molar-refractivity contribution in [3.8, 4) is 11.5 Å². The van der Waals surface area contributed by atoms with E-state index in [2.05, 4.69) is 10.2 Å². The number of ether oxygens (including phenoxy) is 2. The number of nitrogens with one attached hydrogen (secondary N) is 1. The largest absolute Gasteiger partial charge is 0.492 e. The zero-order valence-electron chi connectivity index (χ0n) is 17.9. The summed E-state index contributed by atoms with van der Waals surface area (Å²) in [5.74, 6) is 0.678. The summed E-state index contributed by atoms with van der Waals surface area (Å²) in [6.07, 6.45) is 6.44. The van der Waals surface area contributed by atoms with Gasteiger partial charge in [0.25, 0.3) is 0 Å². The molecule has 0 atom stereocenters. The van der Waals surface area contributed by atoms with Gasteiger partial charge in [-0.25, -0.2) is 0 Å². The molecule has 30 heavy (non-hydrogen) atoms. The van der Waals surface area contributed by atoms with Crippen LogP contribution in [0.25, 0.3) is 0 Å². The lowest BCUT2D eigenvalue weighted by Crippen LogP contribution is -2.29. The van der Waals surface area contributed by atoms with Gasteiger partial charge in [-0.15, -0.1) is 0 Å². The van der Waals surface area contributed by atoms with Gasteiger partial charge in [0.15, 0.2) is 5.75 Å². The van der Waals surface area contributed by atoms with Gasteiger partial charge in [0, 0.05) is 18.3 Å². The van der Waals surface area contributed by atoms with Crippen LogP contribution in [0, 0.1) is 0 Å². The van der Waals surface area contributed by atoms with Gasteiger partial charge in [0.05, 0.1) is 25.6 Å². The second-order valence-electron chi connectivity index (χ2n) is 7.49. The highest BCUT2D eigenvalue weighted by molar-refractivity contribution is 5.92. The molecule has 2 heterocycles. The number of nitrogens with zero attached hydrogens (tertiary/aromatic N) is 2. The van der Waals surface area contributed by atoms with Crippen LogP contribution in [0.15, 0.2) is 41.3 Å². The molecule has 0 spiro atoms. The molecular weight excluding hydrogens is 382 g/mol. The number of hydrogen-bond donors (Lipinski definition) is 1. The molecule has 3 rings (SSSR count). The number of anilines is 1. The van der Waals surface area contributed by atoms with Gasteiger partial charge in [0.1, 0.15) is 12.3 Å². The summed E-state index contributed by atoms with van der Waals surface area (Å²) in [6, 6.07) is 8.95. The molecule has 1 amide bonds. The predicted octanol–water partition coefficient (Wildman–Crippen LogP) is 3.27. The first kappa shape index (κ1) is 21.9. The number of methoxy groups -OCH3 is 1. The Morgan fingerprint density at radius 1 is 1.10 bits per heavy atom. The average Bonchev–Trinajstić information content (AvgIpc) is 3.00. The van der Waals surface area contributed by atoms with Crippen LogP contribution in [-0.4, -0.2) is 42.2 Å². The second kappa shape index (κ2) is 10.8. The van der Waals surface area contributed by atoms with Gasteiger partial charge in [-0.3, -0.25) is 14.5 Å². The van der Waals surface area contributed by atoms with E-state index < -0.39 is 0 Å². The van der Waals surface area contributed by atoms with Crippen LogP contribution in [0.4, 0.5) is 5.69 Å². The van der Waals surface area contributed by atoms with Crippen LogP contribution in [0.5, 0.6) is 11.5 Å². The first-order valence-corrected chi connectivity index (χ1v) is 10.6. The lowest BCUT2D eigenvalue weighted by atomic mass is 10.2. The van der Waals surface area contributed by atoms with Crippen LogP contribution in [0.1, 0.15) is 38.3 Å². The molecule has 162 valence electrons. The van der Waals surface area contributed by atoms with Gasteiger partial charge < -0.3 is 19.4 Å². The summed E-state index contributed by atoms with van der Waals surface area (Å²) < 4.78 is 12.6. The third kappa shape index (κ3) is 5.86. The molecular formula is C23H31N3O4. The van der Waals surface area contributed by atoms with E-state index in [9.17, 15) is 9.59 Å². The van der Waals surface area contributed by atoms with E-state index in [-0.39, 0.29) is 23.6 Å². The van der Waals surface area contributed by atoms with Crippen molar-refractivity contribution in [1.29, 1.82) is 0 Å². The normalized spacial score (nSPS) is 14.7. The highest BCUT2D eigenvalue weighted by Gasteiger charge is 2.16. The minimum absolute atomic E-state index is 0.0836. The summed E-state index contributed by atoms with van der Waals surface area (Å²) >= 11 is 0. The SMILES string of the molecule is CCOc1ccccc1NC(=O)Cn1cc(OC)c(=O)cc1CN1CCCCCC1. The zero-order chi connectivity index (χ0) is 21.3. The van der Waals surface area contributed by atoms with Crippen molar-refractivity contribution in [1.82, 2.24) is 9.47 Å². The highest BCUT2D eigenvalue weighted by atomic mass is 16.5. The van der Waals surface area contributed by atoms with Gasteiger partial charge in [-0.2, -0.15) is 0 Å². The van der Waals surface area contributed by atoms with Crippen LogP contribution < -0.4 is 20.2 Å². The molecule has 1 fully saturated rings. The molecule has 1 aromatic heterocycles. The third-order valence-electron chi connectivity index (χ3n) is 5.26. The molecule has 0 bridgehead atoms. The van der Waals surface area contributed by atoms with Crippen LogP contribution in [0.3, 0.4) is 0 Å². The Morgan fingerprint density at radius 2 is 1.83 bits per heavy atom. The van der Waals surface area contributed by atoms with Gasteiger partial charge in [-0.1, -0.05) is 25.0 Å². The maximum absolute atomic E-state index is 12.8. The molecule has 1 aliphatic rings. The minimum atomic E-state index is -0.190. The molecule has 1 aliphatic heterocycles. The molecule has 7 heteroatoms. The first-order valence-electron chi connectivity index (χ1n) is 10.6. The number of para-hydroxylation sites is 2. The van der Waals surface area contributed by atoms with Crippen molar-refractivity contribution < 1.29 is 14.3 Å². The van der Waals surface area contributed by atoms with Crippen molar-refractivity contribution in [3.05, 3.63) is 52.4 Å². The quantitative estimate of drug-likeness (QED) is 0.719. The van der Waals surface area contributed by atoms with Gasteiger partial charge in [0.2, 0.25) is 11.3 Å². The summed E-state index contributed by atoms with van der Waals surface area (Å²) in [7, 11) is 1.47. The molecule has 1 N–H and O–H groups in total. The number of rotatable bonds is 8. The Labute approximate surface area is 177 Å². The van der Waals surface area contributed by atoms with E-state index in [0.717, 1.165) is 31.6 Å². The molecule has 1 aromatic carbocycles. The second-order valence-corrected chi connectivity index (χ2v) is 7.49. The molecule has 2 aromatic rings. The van der Waals surface area contributed by atoms with Gasteiger partial charge >= 0.3 is 0 Å². The molecule has 0 aliphatic carbocycles. The fourth-order valence-electron chi connectivity index (χ4n) is 3.75. The van der Waals surface area contributed by atoms with Crippen molar-refractivity contribution in [2.45, 2.75) is 45.7 Å². The Bertz CT molecular complexity index is 902.